The Kier molecular flexibility index (Phi) is 3.75. The van der Waals surface area contributed by atoms with Crippen molar-refractivity contribution in [3.05, 3.63) is 47.8 Å². The van der Waals surface area contributed by atoms with Gasteiger partial charge in [-0.1, -0.05) is 57.0 Å². The maximum absolute atomic E-state index is 13.9. The third-order valence-electron chi connectivity index (χ3n) is 5.19. The Morgan fingerprint density at radius 3 is 2.52 bits per heavy atom. The molecule has 0 aromatic heterocycles. The molecule has 0 bridgehead atoms. The Morgan fingerprint density at radius 1 is 1.10 bits per heavy atom. The second kappa shape index (κ2) is 5.42. The van der Waals surface area contributed by atoms with Crippen LogP contribution in [0.5, 0.6) is 0 Å². The van der Waals surface area contributed by atoms with Crippen molar-refractivity contribution in [3.63, 3.8) is 0 Å². The minimum atomic E-state index is -0.522. The van der Waals surface area contributed by atoms with E-state index in [4.69, 9.17) is 0 Å². The summed E-state index contributed by atoms with van der Waals surface area (Å²) in [7, 11) is 0. The molecule has 1 nitrogen and oxygen atoms in total. The van der Waals surface area contributed by atoms with Crippen molar-refractivity contribution in [2.75, 3.05) is 0 Å². The largest absolute Gasteiger partial charge is 0.388 e. The van der Waals surface area contributed by atoms with Crippen LogP contribution in [-0.4, -0.2) is 5.11 Å². The second-order valence-electron chi connectivity index (χ2n) is 6.97. The highest BCUT2D eigenvalue weighted by Gasteiger charge is 2.37. The van der Waals surface area contributed by atoms with Crippen molar-refractivity contribution < 1.29 is 9.50 Å². The van der Waals surface area contributed by atoms with E-state index < -0.39 is 6.10 Å². The van der Waals surface area contributed by atoms with E-state index in [2.05, 4.69) is 13.8 Å². The topological polar surface area (TPSA) is 20.2 Å². The Hall–Kier alpha value is -1.41. The van der Waals surface area contributed by atoms with Gasteiger partial charge in [0, 0.05) is 5.39 Å². The number of aliphatic hydroxyl groups excluding tert-OH is 1. The molecule has 2 aromatic rings. The van der Waals surface area contributed by atoms with Crippen LogP contribution in [0.3, 0.4) is 0 Å². The summed E-state index contributed by atoms with van der Waals surface area (Å²) < 4.78 is 13.9. The molecule has 1 aliphatic carbocycles. The lowest BCUT2D eigenvalue weighted by Gasteiger charge is -2.41. The summed E-state index contributed by atoms with van der Waals surface area (Å²) in [5.41, 5.74) is 1.000. The fraction of sp³-hybridized carbons (Fsp3) is 0.474. The van der Waals surface area contributed by atoms with Gasteiger partial charge in [0.2, 0.25) is 0 Å². The average Bonchev–Trinajstić information content (AvgIpc) is 2.47. The Morgan fingerprint density at radius 2 is 1.81 bits per heavy atom. The molecule has 1 N–H and O–H groups in total. The normalized spacial score (nSPS) is 23.1. The molecule has 1 saturated carbocycles. The number of aliphatic hydroxyl groups is 1. The zero-order chi connectivity index (χ0) is 15.0. The Labute approximate surface area is 125 Å². The second-order valence-corrected chi connectivity index (χ2v) is 6.97. The summed E-state index contributed by atoms with van der Waals surface area (Å²) in [5.74, 6) is 0.0181. The lowest BCUT2D eigenvalue weighted by atomic mass is 9.65. The number of benzene rings is 2. The molecule has 2 atom stereocenters. The van der Waals surface area contributed by atoms with Gasteiger partial charge in [-0.15, -0.1) is 0 Å². The van der Waals surface area contributed by atoms with Crippen molar-refractivity contribution in [1.82, 2.24) is 0 Å². The lowest BCUT2D eigenvalue weighted by molar-refractivity contribution is 0.00466. The molecule has 0 aliphatic heterocycles. The Balaban J connectivity index is 2.06. The van der Waals surface area contributed by atoms with E-state index in [1.807, 2.05) is 18.2 Å². The molecule has 0 heterocycles. The maximum Gasteiger partial charge on any atom is 0.131 e. The summed E-state index contributed by atoms with van der Waals surface area (Å²) >= 11 is 0. The first-order valence-electron chi connectivity index (χ1n) is 7.86. The van der Waals surface area contributed by atoms with Gasteiger partial charge in [-0.25, -0.2) is 4.39 Å². The van der Waals surface area contributed by atoms with Gasteiger partial charge in [0.25, 0.3) is 0 Å². The number of fused-ring (bicyclic) bond motifs is 1. The molecule has 0 saturated heterocycles. The number of rotatable bonds is 2. The van der Waals surface area contributed by atoms with Gasteiger partial charge in [0.05, 0.1) is 6.10 Å². The molecule has 2 aromatic carbocycles. The van der Waals surface area contributed by atoms with Crippen LogP contribution in [0.4, 0.5) is 4.39 Å². The summed E-state index contributed by atoms with van der Waals surface area (Å²) in [6.07, 6.45) is 4.07. The first kappa shape index (κ1) is 14.5. The van der Waals surface area contributed by atoms with Crippen LogP contribution in [0.2, 0.25) is 0 Å². The highest BCUT2D eigenvalue weighted by Crippen LogP contribution is 2.47. The van der Waals surface area contributed by atoms with Crippen LogP contribution < -0.4 is 0 Å². The van der Waals surface area contributed by atoms with E-state index in [1.165, 1.54) is 18.9 Å². The van der Waals surface area contributed by atoms with Crippen LogP contribution in [0.25, 0.3) is 10.8 Å². The first-order valence-corrected chi connectivity index (χ1v) is 7.86. The van der Waals surface area contributed by atoms with Crippen LogP contribution in [0.15, 0.2) is 36.4 Å². The molecular weight excluding hydrogens is 263 g/mol. The van der Waals surface area contributed by atoms with E-state index in [9.17, 15) is 9.50 Å². The quantitative estimate of drug-likeness (QED) is 0.801. The molecular formula is C19H23FO. The van der Waals surface area contributed by atoms with E-state index >= 15 is 0 Å². The summed E-state index contributed by atoms with van der Waals surface area (Å²) in [4.78, 5) is 0. The van der Waals surface area contributed by atoms with Crippen LogP contribution in [0.1, 0.15) is 51.2 Å². The highest BCUT2D eigenvalue weighted by molar-refractivity contribution is 5.86. The van der Waals surface area contributed by atoms with Crippen LogP contribution >= 0.6 is 0 Å². The third-order valence-corrected chi connectivity index (χ3v) is 5.19. The molecule has 0 amide bonds. The van der Waals surface area contributed by atoms with Crippen molar-refractivity contribution >= 4 is 10.8 Å². The van der Waals surface area contributed by atoms with Gasteiger partial charge in [0.1, 0.15) is 5.82 Å². The molecule has 1 aliphatic rings. The Bertz CT molecular complexity index is 647. The van der Waals surface area contributed by atoms with E-state index in [1.54, 1.807) is 12.1 Å². The van der Waals surface area contributed by atoms with Crippen LogP contribution in [0, 0.1) is 17.2 Å². The highest BCUT2D eigenvalue weighted by atomic mass is 19.1. The molecule has 0 spiro atoms. The predicted octanol–water partition coefficient (Wildman–Crippen LogP) is 5.23. The van der Waals surface area contributed by atoms with Crippen molar-refractivity contribution in [2.24, 2.45) is 11.3 Å². The predicted molar refractivity (Wildman–Crippen MR) is 84.6 cm³/mol. The lowest BCUT2D eigenvalue weighted by Crippen LogP contribution is -2.32. The molecule has 3 rings (SSSR count). The van der Waals surface area contributed by atoms with Gasteiger partial charge in [-0.05, 0) is 41.2 Å². The number of hydrogen-bond acceptors (Lipinski definition) is 1. The molecule has 21 heavy (non-hydrogen) atoms. The maximum atomic E-state index is 13.9. The van der Waals surface area contributed by atoms with Gasteiger partial charge in [-0.3, -0.25) is 0 Å². The minimum absolute atomic E-state index is 0.132. The van der Waals surface area contributed by atoms with Crippen molar-refractivity contribution in [3.8, 4) is 0 Å². The van der Waals surface area contributed by atoms with E-state index in [-0.39, 0.29) is 17.2 Å². The molecule has 0 radical (unpaired) electrons. The molecule has 2 unspecified atom stereocenters. The van der Waals surface area contributed by atoms with Crippen molar-refractivity contribution in [1.29, 1.82) is 0 Å². The molecule has 112 valence electrons. The monoisotopic (exact) mass is 286 g/mol. The standard InChI is InChI=1S/C19H23FO/c1-19(2)12-6-5-9-16(19)18(21)15-10-11-17(20)14-8-4-3-7-13(14)15/h3-4,7-8,10-11,16,18,21H,5-6,9,12H2,1-2H3. The minimum Gasteiger partial charge on any atom is -0.388 e. The first-order chi connectivity index (χ1) is 10.0. The fourth-order valence-electron chi connectivity index (χ4n) is 3.87. The van der Waals surface area contributed by atoms with Gasteiger partial charge < -0.3 is 5.11 Å². The summed E-state index contributed by atoms with van der Waals surface area (Å²) in [6, 6.07) is 10.7. The zero-order valence-electron chi connectivity index (χ0n) is 12.8. The van der Waals surface area contributed by atoms with Gasteiger partial charge in [0.15, 0.2) is 0 Å². The smallest absolute Gasteiger partial charge is 0.131 e. The summed E-state index contributed by atoms with van der Waals surface area (Å²) in [6.45, 7) is 4.48. The SMILES string of the molecule is CC1(C)CCCCC1C(O)c1ccc(F)c2ccccc12. The zero-order valence-corrected chi connectivity index (χ0v) is 12.8. The number of halogens is 1. The van der Waals surface area contributed by atoms with Crippen LogP contribution in [-0.2, 0) is 0 Å². The van der Waals surface area contributed by atoms with E-state index in [0.29, 0.717) is 5.39 Å². The summed E-state index contributed by atoms with van der Waals surface area (Å²) in [5, 5.41) is 12.4. The molecule has 2 heteroatoms. The number of hydrogen-bond donors (Lipinski definition) is 1. The average molecular weight is 286 g/mol. The van der Waals surface area contributed by atoms with Gasteiger partial charge in [-0.2, -0.15) is 0 Å². The van der Waals surface area contributed by atoms with Gasteiger partial charge >= 0.3 is 0 Å². The fourth-order valence-corrected chi connectivity index (χ4v) is 3.87. The van der Waals surface area contributed by atoms with Crippen molar-refractivity contribution in [2.45, 2.75) is 45.6 Å². The third kappa shape index (κ3) is 2.57. The molecule has 1 fully saturated rings. The van der Waals surface area contributed by atoms with E-state index in [0.717, 1.165) is 23.8 Å².